The number of nitrogens with zero attached hydrogens (tertiary/aromatic N) is 1. The van der Waals surface area contributed by atoms with E-state index in [0.717, 1.165) is 18.4 Å². The van der Waals surface area contributed by atoms with Crippen molar-refractivity contribution in [3.05, 3.63) is 65.3 Å². The molecule has 0 unspecified atom stereocenters. The Morgan fingerprint density at radius 2 is 1.79 bits per heavy atom. The number of rotatable bonds is 5. The van der Waals surface area contributed by atoms with Crippen LogP contribution in [0.2, 0.25) is 0 Å². The zero-order valence-electron chi connectivity index (χ0n) is 12.0. The molecule has 1 nitrogen and oxygen atoms in total. The fourth-order valence-corrected chi connectivity index (χ4v) is 1.71. The summed E-state index contributed by atoms with van der Waals surface area (Å²) in [7, 11) is 0. The average Bonchev–Trinajstić information content (AvgIpc) is 2.40. The van der Waals surface area contributed by atoms with Gasteiger partial charge < -0.3 is 0 Å². The van der Waals surface area contributed by atoms with Gasteiger partial charge in [-0.05, 0) is 45.3 Å². The average molecular weight is 251 g/mol. The van der Waals surface area contributed by atoms with Gasteiger partial charge in [-0.1, -0.05) is 53.6 Å². The first-order chi connectivity index (χ1) is 9.13. The van der Waals surface area contributed by atoms with E-state index >= 15 is 0 Å². The summed E-state index contributed by atoms with van der Waals surface area (Å²) < 4.78 is 0. The second kappa shape index (κ2) is 8.11. The minimum atomic E-state index is 0.710. The molecule has 0 amide bonds. The minimum absolute atomic E-state index is 0.710. The lowest BCUT2D eigenvalue weighted by molar-refractivity contribution is 0.967. The van der Waals surface area contributed by atoms with Crippen LogP contribution >= 0.6 is 0 Å². The zero-order chi connectivity index (χ0) is 14.1. The van der Waals surface area contributed by atoms with E-state index < -0.39 is 0 Å². The van der Waals surface area contributed by atoms with E-state index in [9.17, 15) is 5.26 Å². The first-order valence-electron chi connectivity index (χ1n) is 6.60. The van der Waals surface area contributed by atoms with Crippen LogP contribution in [-0.2, 0) is 0 Å². The van der Waals surface area contributed by atoms with Gasteiger partial charge in [0.25, 0.3) is 0 Å². The summed E-state index contributed by atoms with van der Waals surface area (Å²) in [6.07, 6.45) is 8.29. The number of allylic oxidation sites excluding steroid dienone is 6. The molecule has 0 aliphatic carbocycles. The summed E-state index contributed by atoms with van der Waals surface area (Å²) in [6, 6.07) is 12.0. The lowest BCUT2D eigenvalue weighted by atomic mass is 10.1. The van der Waals surface area contributed by atoms with E-state index in [1.807, 2.05) is 42.5 Å². The molecule has 0 aromatic heterocycles. The Balaban J connectivity index is 2.72. The maximum atomic E-state index is 9.18. The van der Waals surface area contributed by atoms with E-state index in [1.165, 1.54) is 11.1 Å². The molecule has 0 bridgehead atoms. The summed E-state index contributed by atoms with van der Waals surface area (Å²) in [4.78, 5) is 0. The molecular formula is C18H21N. The quantitative estimate of drug-likeness (QED) is 0.396. The third-order valence-corrected chi connectivity index (χ3v) is 2.83. The largest absolute Gasteiger partial charge is 0.192 e. The Bertz CT molecular complexity index is 521. The lowest BCUT2D eigenvalue weighted by Gasteiger charge is -1.99. The summed E-state index contributed by atoms with van der Waals surface area (Å²) in [5.41, 5.74) is 4.33. The van der Waals surface area contributed by atoms with Crippen LogP contribution in [0, 0.1) is 11.3 Å². The number of benzene rings is 1. The van der Waals surface area contributed by atoms with Gasteiger partial charge in [-0.2, -0.15) is 5.26 Å². The second-order valence-corrected chi connectivity index (χ2v) is 4.89. The van der Waals surface area contributed by atoms with Gasteiger partial charge in [0.2, 0.25) is 0 Å². The molecule has 0 atom stereocenters. The molecule has 0 aliphatic heterocycles. The van der Waals surface area contributed by atoms with Crippen LogP contribution in [0.15, 0.2) is 59.7 Å². The molecule has 0 heterocycles. The highest BCUT2D eigenvalue weighted by atomic mass is 14.2. The summed E-state index contributed by atoms with van der Waals surface area (Å²) in [5.74, 6) is 0. The van der Waals surface area contributed by atoms with Crippen molar-refractivity contribution in [1.29, 1.82) is 5.26 Å². The van der Waals surface area contributed by atoms with Crippen LogP contribution in [0.3, 0.4) is 0 Å². The molecule has 0 aliphatic rings. The van der Waals surface area contributed by atoms with Gasteiger partial charge in [-0.25, -0.2) is 0 Å². The SMILES string of the molecule is CC(C)=CCC/C(C)=C\C=C(/C#N)c1ccccc1. The first-order valence-corrected chi connectivity index (χ1v) is 6.60. The Morgan fingerprint density at radius 1 is 1.11 bits per heavy atom. The Labute approximate surface area is 116 Å². The molecule has 1 rings (SSSR count). The molecule has 1 aromatic rings. The Kier molecular flexibility index (Phi) is 6.39. The van der Waals surface area contributed by atoms with Crippen LogP contribution < -0.4 is 0 Å². The molecule has 98 valence electrons. The fourth-order valence-electron chi connectivity index (χ4n) is 1.71. The van der Waals surface area contributed by atoms with E-state index in [-0.39, 0.29) is 0 Å². The predicted octanol–water partition coefficient (Wildman–Crippen LogP) is 5.29. The standard InChI is InChI=1S/C18H21N/c1-15(2)8-7-9-16(3)12-13-18(14-19)17-10-5-4-6-11-17/h4-6,8,10-13H,7,9H2,1-3H3/b16-12-,18-13+. The van der Waals surface area contributed by atoms with Gasteiger partial charge in [0.1, 0.15) is 0 Å². The van der Waals surface area contributed by atoms with E-state index in [4.69, 9.17) is 0 Å². The van der Waals surface area contributed by atoms with Crippen LogP contribution in [0.1, 0.15) is 39.2 Å². The van der Waals surface area contributed by atoms with E-state index in [2.05, 4.69) is 32.9 Å². The third kappa shape index (κ3) is 5.88. The zero-order valence-corrected chi connectivity index (χ0v) is 12.0. The molecule has 0 radical (unpaired) electrons. The number of hydrogen-bond acceptors (Lipinski definition) is 1. The Morgan fingerprint density at radius 3 is 2.37 bits per heavy atom. The molecule has 0 saturated carbocycles. The summed E-state index contributed by atoms with van der Waals surface area (Å²) in [5, 5.41) is 9.18. The van der Waals surface area contributed by atoms with Crippen LogP contribution in [-0.4, -0.2) is 0 Å². The molecule has 19 heavy (non-hydrogen) atoms. The summed E-state index contributed by atoms with van der Waals surface area (Å²) >= 11 is 0. The van der Waals surface area contributed by atoms with E-state index in [1.54, 1.807) is 0 Å². The van der Waals surface area contributed by atoms with Crippen molar-refractivity contribution in [1.82, 2.24) is 0 Å². The highest BCUT2D eigenvalue weighted by molar-refractivity contribution is 5.77. The smallest absolute Gasteiger partial charge is 0.0997 e. The van der Waals surface area contributed by atoms with Crippen LogP contribution in [0.5, 0.6) is 0 Å². The topological polar surface area (TPSA) is 23.8 Å². The van der Waals surface area contributed by atoms with Crippen molar-refractivity contribution in [2.75, 3.05) is 0 Å². The van der Waals surface area contributed by atoms with Crippen molar-refractivity contribution < 1.29 is 0 Å². The summed E-state index contributed by atoms with van der Waals surface area (Å²) in [6.45, 7) is 6.33. The number of nitriles is 1. The van der Waals surface area contributed by atoms with Crippen molar-refractivity contribution in [3.63, 3.8) is 0 Å². The van der Waals surface area contributed by atoms with Crippen molar-refractivity contribution in [2.24, 2.45) is 0 Å². The molecular weight excluding hydrogens is 230 g/mol. The predicted molar refractivity (Wildman–Crippen MR) is 82.5 cm³/mol. The van der Waals surface area contributed by atoms with Gasteiger partial charge in [0.05, 0.1) is 11.6 Å². The third-order valence-electron chi connectivity index (χ3n) is 2.83. The normalized spacial score (nSPS) is 11.9. The highest BCUT2D eigenvalue weighted by Gasteiger charge is 1.97. The first kappa shape index (κ1) is 15.0. The van der Waals surface area contributed by atoms with Gasteiger partial charge >= 0.3 is 0 Å². The van der Waals surface area contributed by atoms with Crippen molar-refractivity contribution >= 4 is 5.57 Å². The van der Waals surface area contributed by atoms with Crippen molar-refractivity contribution in [3.8, 4) is 6.07 Å². The van der Waals surface area contributed by atoms with E-state index in [0.29, 0.717) is 5.57 Å². The van der Waals surface area contributed by atoms with Crippen molar-refractivity contribution in [2.45, 2.75) is 33.6 Å². The minimum Gasteiger partial charge on any atom is -0.192 e. The number of hydrogen-bond donors (Lipinski definition) is 0. The molecule has 0 fully saturated rings. The molecule has 1 aromatic carbocycles. The fraction of sp³-hybridized carbons (Fsp3) is 0.278. The lowest BCUT2D eigenvalue weighted by Crippen LogP contribution is -1.81. The molecule has 1 heteroatoms. The van der Waals surface area contributed by atoms with Gasteiger partial charge in [-0.3, -0.25) is 0 Å². The maximum absolute atomic E-state index is 9.18. The maximum Gasteiger partial charge on any atom is 0.0997 e. The van der Waals surface area contributed by atoms with Crippen LogP contribution in [0.25, 0.3) is 5.57 Å². The van der Waals surface area contributed by atoms with Gasteiger partial charge in [0, 0.05) is 0 Å². The molecule has 0 N–H and O–H groups in total. The Hall–Kier alpha value is -2.07. The second-order valence-electron chi connectivity index (χ2n) is 4.89. The molecule has 0 saturated heterocycles. The monoisotopic (exact) mass is 251 g/mol. The van der Waals surface area contributed by atoms with Crippen LogP contribution in [0.4, 0.5) is 0 Å². The van der Waals surface area contributed by atoms with Gasteiger partial charge in [0.15, 0.2) is 0 Å². The highest BCUT2D eigenvalue weighted by Crippen LogP contribution is 2.14. The molecule has 0 spiro atoms. The van der Waals surface area contributed by atoms with Gasteiger partial charge in [-0.15, -0.1) is 0 Å².